The van der Waals surface area contributed by atoms with E-state index in [0.29, 0.717) is 23.0 Å². The summed E-state index contributed by atoms with van der Waals surface area (Å²) < 4.78 is 14.3. The van der Waals surface area contributed by atoms with E-state index in [0.717, 1.165) is 5.56 Å². The molecule has 2 aromatic rings. The molecule has 0 aromatic heterocycles. The number of amides is 1. The number of nitriles is 1. The van der Waals surface area contributed by atoms with Gasteiger partial charge in [-0.25, -0.2) is 0 Å². The average Bonchev–Trinajstić information content (AvgIpc) is 2.58. The van der Waals surface area contributed by atoms with Gasteiger partial charge in [-0.15, -0.1) is 0 Å². The Morgan fingerprint density at radius 2 is 2.04 bits per heavy atom. The maximum atomic E-state index is 14.3. The van der Waals surface area contributed by atoms with Crippen LogP contribution < -0.4 is 5.32 Å². The van der Waals surface area contributed by atoms with Crippen LogP contribution in [0.25, 0.3) is 11.1 Å². The van der Waals surface area contributed by atoms with Crippen molar-refractivity contribution in [2.45, 2.75) is 18.2 Å². The first-order valence-electron chi connectivity index (χ1n) is 7.27. The van der Waals surface area contributed by atoms with Gasteiger partial charge in [0.1, 0.15) is 0 Å². The van der Waals surface area contributed by atoms with E-state index in [1.165, 1.54) is 6.07 Å². The van der Waals surface area contributed by atoms with Gasteiger partial charge >= 0.3 is 135 Å². The topological polar surface area (TPSA) is 52.9 Å². The SMILES string of the molecule is CC(C(=O)NCC[Se]C#N)c1ccc(-c2ccccc2)c(F)c1. The molecule has 0 aliphatic heterocycles. The Bertz CT molecular complexity index is 713. The minimum atomic E-state index is -0.427. The minimum absolute atomic E-state index is 0.0973. The van der Waals surface area contributed by atoms with Gasteiger partial charge in [0.2, 0.25) is 0 Å². The molecule has 0 bridgehead atoms. The monoisotopic (exact) mass is 376 g/mol. The molecular weight excluding hydrogens is 358 g/mol. The first kappa shape index (κ1) is 17.2. The molecule has 23 heavy (non-hydrogen) atoms. The van der Waals surface area contributed by atoms with Crippen molar-refractivity contribution in [2.75, 3.05) is 6.54 Å². The molecule has 1 atom stereocenters. The second kappa shape index (κ2) is 8.47. The summed E-state index contributed by atoms with van der Waals surface area (Å²) in [5, 5.41) is 12.0. The Balaban J connectivity index is 2.08. The standard InChI is InChI=1S/C18H17FN2OSe/c1-13(18(22)21-9-10-23-12-20)15-7-8-16(17(19)11-15)14-5-3-2-4-6-14/h2-8,11,13H,9-10H2,1H3,(H,21,22). The van der Waals surface area contributed by atoms with Gasteiger partial charge in [0, 0.05) is 0 Å². The number of hydrogen-bond donors (Lipinski definition) is 1. The van der Waals surface area contributed by atoms with E-state index in [2.05, 4.69) is 10.3 Å². The number of carbonyl (C=O) groups is 1. The van der Waals surface area contributed by atoms with E-state index in [4.69, 9.17) is 5.26 Å². The van der Waals surface area contributed by atoms with Crippen LogP contribution in [0.3, 0.4) is 0 Å². The van der Waals surface area contributed by atoms with Gasteiger partial charge in [0.25, 0.3) is 0 Å². The number of benzene rings is 2. The third-order valence-corrected chi connectivity index (χ3v) is 4.67. The fourth-order valence-electron chi connectivity index (χ4n) is 2.23. The van der Waals surface area contributed by atoms with Crippen LogP contribution in [0.2, 0.25) is 5.32 Å². The molecule has 0 aliphatic carbocycles. The summed E-state index contributed by atoms with van der Waals surface area (Å²) in [6, 6.07) is 14.2. The average molecular weight is 375 g/mol. The van der Waals surface area contributed by atoms with Crippen molar-refractivity contribution in [3.63, 3.8) is 0 Å². The molecule has 118 valence electrons. The maximum absolute atomic E-state index is 14.3. The van der Waals surface area contributed by atoms with Crippen LogP contribution in [0, 0.1) is 16.0 Å². The van der Waals surface area contributed by atoms with E-state index in [1.54, 1.807) is 19.1 Å². The molecule has 1 amide bonds. The number of hydrogen-bond acceptors (Lipinski definition) is 2. The molecule has 0 saturated heterocycles. The summed E-state index contributed by atoms with van der Waals surface area (Å²) in [5.41, 5.74) is 1.98. The Morgan fingerprint density at radius 1 is 1.30 bits per heavy atom. The van der Waals surface area contributed by atoms with Crippen LogP contribution in [0.15, 0.2) is 48.5 Å². The van der Waals surface area contributed by atoms with Crippen molar-refractivity contribution in [1.29, 1.82) is 5.26 Å². The Morgan fingerprint density at radius 3 is 2.70 bits per heavy atom. The van der Waals surface area contributed by atoms with Crippen LogP contribution >= 0.6 is 0 Å². The molecule has 2 rings (SSSR count). The van der Waals surface area contributed by atoms with E-state index < -0.39 is 5.92 Å². The van der Waals surface area contributed by atoms with Gasteiger partial charge in [0.15, 0.2) is 0 Å². The zero-order valence-corrected chi connectivity index (χ0v) is 14.5. The summed E-state index contributed by atoms with van der Waals surface area (Å²) >= 11 is -0.0973. The fraction of sp³-hybridized carbons (Fsp3) is 0.222. The van der Waals surface area contributed by atoms with Crippen molar-refractivity contribution in [2.24, 2.45) is 0 Å². The molecule has 0 radical (unpaired) electrons. The molecule has 0 spiro atoms. The third-order valence-electron chi connectivity index (χ3n) is 3.54. The van der Waals surface area contributed by atoms with Gasteiger partial charge < -0.3 is 0 Å². The predicted molar refractivity (Wildman–Crippen MR) is 89.4 cm³/mol. The summed E-state index contributed by atoms with van der Waals surface area (Å²) in [7, 11) is 0. The van der Waals surface area contributed by atoms with Crippen molar-refractivity contribution in [3.8, 4) is 16.1 Å². The van der Waals surface area contributed by atoms with E-state index >= 15 is 0 Å². The fourth-order valence-corrected chi connectivity index (χ4v) is 2.85. The van der Waals surface area contributed by atoms with Crippen molar-refractivity contribution in [3.05, 3.63) is 59.9 Å². The first-order chi connectivity index (χ1) is 11.1. The number of rotatable bonds is 6. The van der Waals surface area contributed by atoms with E-state index in [1.807, 2.05) is 30.3 Å². The van der Waals surface area contributed by atoms with Gasteiger partial charge in [-0.05, 0) is 0 Å². The number of carbonyl (C=O) groups excluding carboxylic acids is 1. The second-order valence-electron chi connectivity index (χ2n) is 5.06. The number of nitrogens with zero attached hydrogens (tertiary/aromatic N) is 1. The van der Waals surface area contributed by atoms with Gasteiger partial charge in [-0.1, -0.05) is 6.07 Å². The molecule has 5 heteroatoms. The predicted octanol–water partition coefficient (Wildman–Crippen LogP) is 3.32. The number of nitrogens with one attached hydrogen (secondary N) is 1. The van der Waals surface area contributed by atoms with E-state index in [-0.39, 0.29) is 26.7 Å². The third kappa shape index (κ3) is 4.66. The summed E-state index contributed by atoms with van der Waals surface area (Å²) in [6.07, 6.45) is 0. The van der Waals surface area contributed by atoms with Crippen LogP contribution in [0.1, 0.15) is 18.4 Å². The molecule has 2 aromatic carbocycles. The summed E-state index contributed by atoms with van der Waals surface area (Å²) in [6.45, 7) is 2.24. The molecule has 0 fully saturated rings. The molecule has 0 heterocycles. The van der Waals surface area contributed by atoms with Crippen molar-refractivity contribution in [1.82, 2.24) is 5.32 Å². The van der Waals surface area contributed by atoms with Crippen LogP contribution in [-0.2, 0) is 4.79 Å². The van der Waals surface area contributed by atoms with Gasteiger partial charge in [0.05, 0.1) is 0 Å². The quantitative estimate of drug-likeness (QED) is 0.622. The molecular formula is C18H17FN2OSe. The Labute approximate surface area is 141 Å². The van der Waals surface area contributed by atoms with Crippen LogP contribution in [-0.4, -0.2) is 27.4 Å². The van der Waals surface area contributed by atoms with E-state index in [9.17, 15) is 9.18 Å². The number of halogens is 1. The Kier molecular flexibility index (Phi) is 6.34. The molecule has 0 aliphatic rings. The van der Waals surface area contributed by atoms with Crippen LogP contribution in [0.5, 0.6) is 0 Å². The molecule has 3 nitrogen and oxygen atoms in total. The van der Waals surface area contributed by atoms with Gasteiger partial charge in [-0.2, -0.15) is 0 Å². The van der Waals surface area contributed by atoms with Crippen molar-refractivity contribution >= 4 is 20.9 Å². The zero-order chi connectivity index (χ0) is 16.7. The Hall–Kier alpha value is -2.15. The molecule has 0 saturated carbocycles. The zero-order valence-electron chi connectivity index (χ0n) is 12.8. The first-order valence-corrected chi connectivity index (χ1v) is 9.33. The normalized spacial score (nSPS) is 11.5. The molecule has 1 N–H and O–H groups in total. The van der Waals surface area contributed by atoms with Crippen LogP contribution in [0.4, 0.5) is 4.39 Å². The summed E-state index contributed by atoms with van der Waals surface area (Å²) in [5.74, 6) is -0.907. The second-order valence-corrected chi connectivity index (χ2v) is 6.90. The van der Waals surface area contributed by atoms with Gasteiger partial charge in [-0.3, -0.25) is 0 Å². The molecule has 1 unspecified atom stereocenters. The summed E-state index contributed by atoms with van der Waals surface area (Å²) in [4.78, 5) is 14.2. The van der Waals surface area contributed by atoms with Crippen molar-refractivity contribution < 1.29 is 9.18 Å².